The van der Waals surface area contributed by atoms with Gasteiger partial charge < -0.3 is 15.8 Å². The van der Waals surface area contributed by atoms with Gasteiger partial charge in [-0.3, -0.25) is 0 Å². The number of primary amides is 1. The number of hydrogen-bond acceptors (Lipinski definition) is 3. The minimum absolute atomic E-state index is 0.0277. The number of nitrogens with one attached hydrogen (secondary N) is 1. The predicted octanol–water partition coefficient (Wildman–Crippen LogP) is 6.90. The second-order valence-corrected chi connectivity index (χ2v) is 11.6. The van der Waals surface area contributed by atoms with Gasteiger partial charge in [0.15, 0.2) is 0 Å². The molecule has 0 saturated heterocycles. The number of para-hydroxylation sites is 1. The van der Waals surface area contributed by atoms with E-state index in [1.807, 2.05) is 18.2 Å². The van der Waals surface area contributed by atoms with E-state index in [9.17, 15) is 4.79 Å². The molecule has 0 saturated carbocycles. The highest BCUT2D eigenvalue weighted by Gasteiger charge is 2.48. The molecule has 166 valence electrons. The van der Waals surface area contributed by atoms with Crippen molar-refractivity contribution in [2.45, 2.75) is 68.7 Å². The van der Waals surface area contributed by atoms with E-state index in [0.717, 1.165) is 29.8 Å². The van der Waals surface area contributed by atoms with Crippen molar-refractivity contribution in [2.75, 3.05) is 11.9 Å². The van der Waals surface area contributed by atoms with E-state index in [1.54, 1.807) is 0 Å². The normalized spacial score (nSPS) is 20.6. The molecule has 0 aromatic heterocycles. The van der Waals surface area contributed by atoms with Crippen LogP contribution in [-0.4, -0.2) is 12.6 Å². The second-order valence-electron chi connectivity index (χ2n) is 11.6. The fourth-order valence-electron chi connectivity index (χ4n) is 4.01. The number of carbonyl (C=O) groups excluding carboxylic acids is 1. The molecule has 0 heterocycles. The highest BCUT2D eigenvalue weighted by Crippen LogP contribution is 2.55. The van der Waals surface area contributed by atoms with Crippen LogP contribution < -0.4 is 11.1 Å². The van der Waals surface area contributed by atoms with Crippen molar-refractivity contribution in [2.24, 2.45) is 27.4 Å². The summed E-state index contributed by atoms with van der Waals surface area (Å²) in [6, 6.07) is 10.3. The van der Waals surface area contributed by atoms with Gasteiger partial charge in [0, 0.05) is 17.6 Å². The quantitative estimate of drug-likeness (QED) is 0.565. The first kappa shape index (κ1) is 24.0. The van der Waals surface area contributed by atoms with Crippen LogP contribution in [-0.2, 0) is 4.74 Å². The molecule has 1 amide bonds. The van der Waals surface area contributed by atoms with E-state index >= 15 is 0 Å². The predicted molar refractivity (Wildman–Crippen MR) is 126 cm³/mol. The molecule has 1 unspecified atom stereocenters. The van der Waals surface area contributed by atoms with Crippen molar-refractivity contribution in [3.63, 3.8) is 0 Å². The Morgan fingerprint density at radius 2 is 1.57 bits per heavy atom. The summed E-state index contributed by atoms with van der Waals surface area (Å²) in [4.78, 5) is 11.8. The molecular formula is C26H40N2O2. The summed E-state index contributed by atoms with van der Waals surface area (Å²) in [5.41, 5.74) is 8.21. The fourth-order valence-corrected chi connectivity index (χ4v) is 4.01. The van der Waals surface area contributed by atoms with Gasteiger partial charge in [-0.1, -0.05) is 86.6 Å². The van der Waals surface area contributed by atoms with Crippen molar-refractivity contribution in [3.05, 3.63) is 53.3 Å². The summed E-state index contributed by atoms with van der Waals surface area (Å²) >= 11 is 0. The molecule has 4 nitrogen and oxygen atoms in total. The number of nitrogens with two attached hydrogens (primary N) is 1. The van der Waals surface area contributed by atoms with Gasteiger partial charge in [0.25, 0.3) is 0 Å². The first-order chi connectivity index (χ1) is 13.6. The maximum absolute atomic E-state index is 11.8. The van der Waals surface area contributed by atoms with Gasteiger partial charge >= 0.3 is 6.09 Å². The molecule has 2 rings (SSSR count). The molecule has 0 spiro atoms. The third-order valence-electron chi connectivity index (χ3n) is 6.22. The monoisotopic (exact) mass is 412 g/mol. The van der Waals surface area contributed by atoms with Crippen LogP contribution in [0.3, 0.4) is 0 Å². The molecule has 1 aromatic carbocycles. The van der Waals surface area contributed by atoms with Gasteiger partial charge in [-0.2, -0.15) is 0 Å². The molecule has 3 N–H and O–H groups in total. The Balaban J connectivity index is 2.67. The lowest BCUT2D eigenvalue weighted by atomic mass is 9.56. The number of amides is 1. The summed E-state index contributed by atoms with van der Waals surface area (Å²) in [6.07, 6.45) is 2.38. The van der Waals surface area contributed by atoms with Crippen LogP contribution in [0.15, 0.2) is 53.3 Å². The number of anilines is 1. The SMILES string of the molecule is CC(C)(C)C1=CC(CNc2ccccc2)(C(C)(C)C)CC(C(C)(C)C)=C1OC(N)=O. The molecule has 0 radical (unpaired) electrons. The molecule has 1 aliphatic rings. The topological polar surface area (TPSA) is 64.3 Å². The molecule has 1 atom stereocenters. The minimum Gasteiger partial charge on any atom is -0.410 e. The van der Waals surface area contributed by atoms with Crippen LogP contribution >= 0.6 is 0 Å². The number of hydrogen-bond donors (Lipinski definition) is 2. The van der Waals surface area contributed by atoms with Crippen LogP contribution in [0.4, 0.5) is 10.5 Å². The fraction of sp³-hybridized carbons (Fsp3) is 0.577. The van der Waals surface area contributed by atoms with Crippen LogP contribution in [0.1, 0.15) is 68.7 Å². The Bertz CT molecular complexity index is 831. The van der Waals surface area contributed by atoms with E-state index in [4.69, 9.17) is 10.5 Å². The van der Waals surface area contributed by atoms with Crippen molar-refractivity contribution < 1.29 is 9.53 Å². The first-order valence-corrected chi connectivity index (χ1v) is 10.8. The highest BCUT2D eigenvalue weighted by atomic mass is 16.5. The summed E-state index contributed by atoms with van der Waals surface area (Å²) in [7, 11) is 0. The van der Waals surface area contributed by atoms with E-state index in [2.05, 4.69) is 85.8 Å². The lowest BCUT2D eigenvalue weighted by Gasteiger charge is -2.50. The zero-order valence-corrected chi connectivity index (χ0v) is 20.3. The molecule has 1 aromatic rings. The van der Waals surface area contributed by atoms with Crippen molar-refractivity contribution >= 4 is 11.8 Å². The third kappa shape index (κ3) is 5.27. The van der Waals surface area contributed by atoms with Gasteiger partial charge in [-0.25, -0.2) is 4.79 Å². The summed E-state index contributed by atoms with van der Waals surface area (Å²) < 4.78 is 5.67. The number of allylic oxidation sites excluding steroid dienone is 2. The number of rotatable bonds is 4. The van der Waals surface area contributed by atoms with Crippen LogP contribution in [0.5, 0.6) is 0 Å². The van der Waals surface area contributed by atoms with Crippen LogP contribution in [0.25, 0.3) is 0 Å². The maximum atomic E-state index is 11.8. The van der Waals surface area contributed by atoms with Crippen LogP contribution in [0, 0.1) is 21.7 Å². The maximum Gasteiger partial charge on any atom is 0.409 e. The van der Waals surface area contributed by atoms with Crippen LogP contribution in [0.2, 0.25) is 0 Å². The van der Waals surface area contributed by atoms with Gasteiger partial charge in [-0.15, -0.1) is 0 Å². The Morgan fingerprint density at radius 1 is 1.00 bits per heavy atom. The Morgan fingerprint density at radius 3 is 2.00 bits per heavy atom. The zero-order chi connectivity index (χ0) is 23.0. The van der Waals surface area contributed by atoms with E-state index < -0.39 is 6.09 Å². The summed E-state index contributed by atoms with van der Waals surface area (Å²) in [6.45, 7) is 20.7. The smallest absolute Gasteiger partial charge is 0.409 e. The molecule has 4 heteroatoms. The standard InChI is InChI=1S/C26H40N2O2/c1-23(2,3)19-15-26(25(7,8)9,17-28-18-13-11-10-12-14-18)16-20(24(4,5)6)21(19)30-22(27)29/h10-15,28H,16-17H2,1-9H3,(H2,27,29). The molecule has 0 fully saturated rings. The molecule has 30 heavy (non-hydrogen) atoms. The van der Waals surface area contributed by atoms with Gasteiger partial charge in [0.1, 0.15) is 5.76 Å². The average molecular weight is 413 g/mol. The minimum atomic E-state index is -0.757. The van der Waals surface area contributed by atoms with Gasteiger partial charge in [-0.05, 0) is 45.9 Å². The molecule has 1 aliphatic carbocycles. The number of benzene rings is 1. The van der Waals surface area contributed by atoms with E-state index in [-0.39, 0.29) is 21.7 Å². The largest absolute Gasteiger partial charge is 0.410 e. The zero-order valence-electron chi connectivity index (χ0n) is 20.3. The highest BCUT2D eigenvalue weighted by molar-refractivity contribution is 5.68. The number of carbonyl (C=O) groups is 1. The molecule has 0 bridgehead atoms. The van der Waals surface area contributed by atoms with E-state index in [1.165, 1.54) is 0 Å². The van der Waals surface area contributed by atoms with Gasteiger partial charge in [0.2, 0.25) is 0 Å². The first-order valence-electron chi connectivity index (χ1n) is 10.8. The summed E-state index contributed by atoms with van der Waals surface area (Å²) in [5.74, 6) is 0.655. The third-order valence-corrected chi connectivity index (χ3v) is 6.22. The lowest BCUT2D eigenvalue weighted by Crippen LogP contribution is -2.45. The Hall–Kier alpha value is -2.23. The van der Waals surface area contributed by atoms with Crippen molar-refractivity contribution in [3.8, 4) is 0 Å². The average Bonchev–Trinajstić information content (AvgIpc) is 2.58. The van der Waals surface area contributed by atoms with Crippen molar-refractivity contribution in [1.82, 2.24) is 0 Å². The number of ether oxygens (including phenoxy) is 1. The Kier molecular flexibility index (Phi) is 6.51. The second kappa shape index (κ2) is 8.13. The molecule has 0 aliphatic heterocycles. The molecular weight excluding hydrogens is 372 g/mol. The van der Waals surface area contributed by atoms with Gasteiger partial charge in [0.05, 0.1) is 0 Å². The van der Waals surface area contributed by atoms with Crippen molar-refractivity contribution in [1.29, 1.82) is 0 Å². The van der Waals surface area contributed by atoms with E-state index in [0.29, 0.717) is 5.76 Å². The Labute approximate surface area is 183 Å². The summed E-state index contributed by atoms with van der Waals surface area (Å²) in [5, 5.41) is 3.66. The lowest BCUT2D eigenvalue weighted by molar-refractivity contribution is 0.132.